The largest absolute Gasteiger partial charge is 0.393 e. The lowest BCUT2D eigenvalue weighted by Crippen LogP contribution is -2.43. The van der Waals surface area contributed by atoms with E-state index in [1.54, 1.807) is 18.7 Å². The Balaban J connectivity index is 2.25. The molecule has 1 aromatic rings. The molecule has 0 radical (unpaired) electrons. The van der Waals surface area contributed by atoms with Gasteiger partial charge in [-0.3, -0.25) is 0 Å². The van der Waals surface area contributed by atoms with Crippen LogP contribution in [-0.4, -0.2) is 35.6 Å². The molecule has 3 N–H and O–H groups in total. The first-order chi connectivity index (χ1) is 10.3. The van der Waals surface area contributed by atoms with E-state index in [-0.39, 0.29) is 17.6 Å². The smallest absolute Gasteiger partial charge is 0.314 e. The highest BCUT2D eigenvalue weighted by Crippen LogP contribution is 2.22. The second-order valence-electron chi connectivity index (χ2n) is 6.52. The molecule has 22 heavy (non-hydrogen) atoms. The molecule has 2 unspecified atom stereocenters. The molecule has 0 fully saturated rings. The van der Waals surface area contributed by atoms with Crippen LogP contribution in [0.1, 0.15) is 34.1 Å². The number of hydrogen-bond donors (Lipinski definition) is 3. The van der Waals surface area contributed by atoms with Crippen molar-refractivity contribution in [1.29, 1.82) is 0 Å². The number of nitrogens with one attached hydrogen (secondary N) is 2. The van der Waals surface area contributed by atoms with Gasteiger partial charge < -0.3 is 15.7 Å². The normalized spacial score (nSPS) is 14.2. The summed E-state index contributed by atoms with van der Waals surface area (Å²) >= 11 is 1.74. The van der Waals surface area contributed by atoms with Crippen LogP contribution in [-0.2, 0) is 0 Å². The lowest BCUT2D eigenvalue weighted by molar-refractivity contribution is 0.129. The standard InChI is InChI=1S/C17H28N2O2S/c1-13(20)10-17(3,4)12-19-16(21)18-11-14(2)22-15-8-6-5-7-9-15/h5-9,13-14,20H,10-12H2,1-4H3,(H2,18,19,21). The maximum Gasteiger partial charge on any atom is 0.314 e. The topological polar surface area (TPSA) is 61.4 Å². The average Bonchev–Trinajstić information content (AvgIpc) is 2.43. The van der Waals surface area contributed by atoms with Gasteiger partial charge in [-0.15, -0.1) is 11.8 Å². The second kappa shape index (κ2) is 9.06. The van der Waals surface area contributed by atoms with Crippen molar-refractivity contribution in [3.05, 3.63) is 30.3 Å². The van der Waals surface area contributed by atoms with Crippen molar-refractivity contribution in [2.24, 2.45) is 5.41 Å². The Morgan fingerprint density at radius 3 is 2.45 bits per heavy atom. The molecule has 4 nitrogen and oxygen atoms in total. The molecule has 2 amide bonds. The third kappa shape index (κ3) is 8.29. The Labute approximate surface area is 138 Å². The summed E-state index contributed by atoms with van der Waals surface area (Å²) in [6.07, 6.45) is 0.301. The van der Waals surface area contributed by atoms with Gasteiger partial charge in [0.1, 0.15) is 0 Å². The quantitative estimate of drug-likeness (QED) is 0.643. The highest BCUT2D eigenvalue weighted by Gasteiger charge is 2.21. The Morgan fingerprint density at radius 1 is 1.23 bits per heavy atom. The van der Waals surface area contributed by atoms with E-state index in [0.29, 0.717) is 24.8 Å². The summed E-state index contributed by atoms with van der Waals surface area (Å²) in [7, 11) is 0. The van der Waals surface area contributed by atoms with Crippen molar-refractivity contribution in [2.75, 3.05) is 13.1 Å². The van der Waals surface area contributed by atoms with Gasteiger partial charge in [0.25, 0.3) is 0 Å². The molecular weight excluding hydrogens is 296 g/mol. The zero-order chi connectivity index (χ0) is 16.6. The van der Waals surface area contributed by atoms with Gasteiger partial charge in [0.2, 0.25) is 0 Å². The van der Waals surface area contributed by atoms with Crippen LogP contribution in [0, 0.1) is 5.41 Å². The van der Waals surface area contributed by atoms with Crippen molar-refractivity contribution in [1.82, 2.24) is 10.6 Å². The highest BCUT2D eigenvalue weighted by atomic mass is 32.2. The fraction of sp³-hybridized carbons (Fsp3) is 0.588. The number of hydrogen-bond acceptors (Lipinski definition) is 3. The molecular formula is C17H28N2O2S. The van der Waals surface area contributed by atoms with E-state index in [1.807, 2.05) is 32.0 Å². The van der Waals surface area contributed by atoms with E-state index >= 15 is 0 Å². The molecule has 0 bridgehead atoms. The van der Waals surface area contributed by atoms with Gasteiger partial charge in [0.15, 0.2) is 0 Å². The number of rotatable bonds is 8. The first kappa shape index (κ1) is 18.8. The molecule has 0 aliphatic heterocycles. The first-order valence-corrected chi connectivity index (χ1v) is 8.58. The summed E-state index contributed by atoms with van der Waals surface area (Å²) in [4.78, 5) is 13.0. The number of urea groups is 1. The number of amides is 2. The second-order valence-corrected chi connectivity index (χ2v) is 8.03. The average molecular weight is 324 g/mol. The minimum absolute atomic E-state index is 0.115. The predicted molar refractivity (Wildman–Crippen MR) is 93.2 cm³/mol. The lowest BCUT2D eigenvalue weighted by Gasteiger charge is -2.26. The fourth-order valence-electron chi connectivity index (χ4n) is 2.26. The Morgan fingerprint density at radius 2 is 1.86 bits per heavy atom. The van der Waals surface area contributed by atoms with E-state index < -0.39 is 0 Å². The molecule has 1 aromatic carbocycles. The van der Waals surface area contributed by atoms with Gasteiger partial charge >= 0.3 is 6.03 Å². The summed E-state index contributed by atoms with van der Waals surface area (Å²) in [6, 6.07) is 10.0. The molecule has 0 aromatic heterocycles. The van der Waals surface area contributed by atoms with E-state index in [1.165, 1.54) is 4.90 Å². The third-order valence-electron chi connectivity index (χ3n) is 3.21. The van der Waals surface area contributed by atoms with Crippen molar-refractivity contribution < 1.29 is 9.90 Å². The molecule has 0 heterocycles. The van der Waals surface area contributed by atoms with Gasteiger partial charge in [-0.1, -0.05) is 39.0 Å². The number of aliphatic hydroxyl groups excluding tert-OH is 1. The number of carbonyl (C=O) groups excluding carboxylic acids is 1. The lowest BCUT2D eigenvalue weighted by atomic mass is 9.87. The van der Waals surface area contributed by atoms with Crippen LogP contribution in [0.25, 0.3) is 0 Å². The number of benzene rings is 1. The van der Waals surface area contributed by atoms with Gasteiger partial charge in [0.05, 0.1) is 6.10 Å². The summed E-state index contributed by atoms with van der Waals surface area (Å²) in [5, 5.41) is 15.5. The van der Waals surface area contributed by atoms with Crippen LogP contribution in [0.5, 0.6) is 0 Å². The Bertz CT molecular complexity index is 449. The molecule has 0 aliphatic carbocycles. The minimum Gasteiger partial charge on any atom is -0.393 e. The molecule has 0 spiro atoms. The van der Waals surface area contributed by atoms with Crippen LogP contribution in [0.15, 0.2) is 35.2 Å². The van der Waals surface area contributed by atoms with Gasteiger partial charge in [-0.25, -0.2) is 4.79 Å². The van der Waals surface area contributed by atoms with Gasteiger partial charge in [-0.05, 0) is 30.9 Å². The number of carbonyl (C=O) groups is 1. The SMILES string of the molecule is CC(O)CC(C)(C)CNC(=O)NCC(C)Sc1ccccc1. The minimum atomic E-state index is -0.359. The highest BCUT2D eigenvalue weighted by molar-refractivity contribution is 8.00. The molecule has 0 saturated heterocycles. The van der Waals surface area contributed by atoms with E-state index in [4.69, 9.17) is 0 Å². The summed E-state index contributed by atoms with van der Waals surface area (Å²) in [5.41, 5.74) is -0.115. The van der Waals surface area contributed by atoms with Crippen LogP contribution < -0.4 is 10.6 Å². The summed E-state index contributed by atoms with van der Waals surface area (Å²) in [6.45, 7) is 9.09. The fourth-order valence-corrected chi connectivity index (χ4v) is 3.21. The maximum atomic E-state index is 11.8. The Hall–Kier alpha value is -1.20. The van der Waals surface area contributed by atoms with Crippen molar-refractivity contribution in [3.63, 3.8) is 0 Å². The molecule has 5 heteroatoms. The number of aliphatic hydroxyl groups is 1. The third-order valence-corrected chi connectivity index (χ3v) is 4.32. The number of thioether (sulfide) groups is 1. The van der Waals surface area contributed by atoms with Crippen molar-refractivity contribution >= 4 is 17.8 Å². The molecule has 2 atom stereocenters. The van der Waals surface area contributed by atoms with Crippen LogP contribution >= 0.6 is 11.8 Å². The van der Waals surface area contributed by atoms with Crippen LogP contribution in [0.2, 0.25) is 0 Å². The van der Waals surface area contributed by atoms with Crippen LogP contribution in [0.3, 0.4) is 0 Å². The predicted octanol–water partition coefficient (Wildman–Crippen LogP) is 3.26. The van der Waals surface area contributed by atoms with Gasteiger partial charge in [-0.2, -0.15) is 0 Å². The van der Waals surface area contributed by atoms with Gasteiger partial charge in [0, 0.05) is 23.2 Å². The summed E-state index contributed by atoms with van der Waals surface area (Å²) in [5.74, 6) is 0. The molecule has 0 aliphatic rings. The van der Waals surface area contributed by atoms with E-state index in [2.05, 4.69) is 29.7 Å². The maximum absolute atomic E-state index is 11.8. The Kier molecular flexibility index (Phi) is 7.76. The molecule has 0 saturated carbocycles. The molecule has 1 rings (SSSR count). The van der Waals surface area contributed by atoms with E-state index in [0.717, 1.165) is 0 Å². The first-order valence-electron chi connectivity index (χ1n) is 7.70. The van der Waals surface area contributed by atoms with Crippen LogP contribution in [0.4, 0.5) is 4.79 Å². The van der Waals surface area contributed by atoms with Crippen molar-refractivity contribution in [3.8, 4) is 0 Å². The monoisotopic (exact) mass is 324 g/mol. The zero-order valence-corrected chi connectivity index (χ0v) is 14.7. The summed E-state index contributed by atoms with van der Waals surface area (Å²) < 4.78 is 0. The van der Waals surface area contributed by atoms with Crippen molar-refractivity contribution in [2.45, 2.75) is 50.4 Å². The van der Waals surface area contributed by atoms with E-state index in [9.17, 15) is 9.90 Å². The zero-order valence-electron chi connectivity index (χ0n) is 13.9. The molecule has 124 valence electrons.